The molecule has 2 N–H and O–H groups in total. The first-order valence-corrected chi connectivity index (χ1v) is 11.1. The molecule has 0 saturated carbocycles. The zero-order valence-corrected chi connectivity index (χ0v) is 19.2. The molecule has 1 fully saturated rings. The molecule has 1 aliphatic rings. The van der Waals surface area contributed by atoms with E-state index in [1.807, 2.05) is 11.0 Å². The van der Waals surface area contributed by atoms with Crippen LogP contribution in [0.15, 0.2) is 60.8 Å². The van der Waals surface area contributed by atoms with Gasteiger partial charge in [-0.2, -0.15) is 0 Å². The molecule has 1 aromatic heterocycles. The van der Waals surface area contributed by atoms with E-state index >= 15 is 0 Å². The van der Waals surface area contributed by atoms with E-state index in [4.69, 9.17) is 11.6 Å². The van der Waals surface area contributed by atoms with Crippen molar-refractivity contribution in [1.82, 2.24) is 4.98 Å². The fourth-order valence-corrected chi connectivity index (χ4v) is 4.30. The van der Waals surface area contributed by atoms with Crippen LogP contribution in [-0.2, 0) is 0 Å². The van der Waals surface area contributed by atoms with Crippen LogP contribution in [-0.4, -0.2) is 47.6 Å². The molecule has 2 heterocycles. The summed E-state index contributed by atoms with van der Waals surface area (Å²) in [6, 6.07) is 16.5. The van der Waals surface area contributed by atoms with Crippen molar-refractivity contribution < 1.29 is 14.7 Å². The Kier molecular flexibility index (Phi) is 6.51. The molecule has 0 unspecified atom stereocenters. The van der Waals surface area contributed by atoms with Crippen LogP contribution in [0.1, 0.15) is 33.2 Å². The molecule has 3 aromatic rings. The summed E-state index contributed by atoms with van der Waals surface area (Å²) in [5.74, 6) is -1.08. The van der Waals surface area contributed by atoms with Crippen LogP contribution in [0, 0.1) is 6.92 Å². The van der Waals surface area contributed by atoms with Crippen LogP contribution in [0.2, 0.25) is 5.02 Å². The normalized spacial score (nSPS) is 15.9. The summed E-state index contributed by atoms with van der Waals surface area (Å²) in [7, 11) is 0. The number of hydrogen-bond acceptors (Lipinski definition) is 5. The Hall–Kier alpha value is -3.58. The fraction of sp³-hybridized carbons (Fsp3) is 0.240. The minimum absolute atomic E-state index is 0.0510. The number of hydrogen-bond donors (Lipinski definition) is 2. The lowest BCUT2D eigenvalue weighted by Gasteiger charge is -2.42. The number of nitrogens with zero attached hydrogens (tertiary/aromatic N) is 3. The van der Waals surface area contributed by atoms with E-state index < -0.39 is 5.97 Å². The smallest absolute Gasteiger partial charge is 0.339 e. The number of aromatic nitrogens is 1. The Morgan fingerprint density at radius 2 is 1.91 bits per heavy atom. The van der Waals surface area contributed by atoms with Crippen LogP contribution >= 0.6 is 11.6 Å². The summed E-state index contributed by atoms with van der Waals surface area (Å²) in [6.45, 7) is 6.21. The molecule has 1 aliphatic heterocycles. The van der Waals surface area contributed by atoms with Crippen molar-refractivity contribution >= 4 is 40.7 Å². The summed E-state index contributed by atoms with van der Waals surface area (Å²) >= 11 is 5.96. The van der Waals surface area contributed by atoms with Gasteiger partial charge in [0.2, 0.25) is 0 Å². The molecule has 7 nitrogen and oxygen atoms in total. The number of amides is 1. The lowest BCUT2D eigenvalue weighted by atomic mass is 10.1. The summed E-state index contributed by atoms with van der Waals surface area (Å²) < 4.78 is 0. The van der Waals surface area contributed by atoms with E-state index in [1.54, 1.807) is 24.3 Å². The Morgan fingerprint density at radius 1 is 1.12 bits per heavy atom. The maximum Gasteiger partial charge on any atom is 0.339 e. The molecule has 1 atom stereocenters. The molecular formula is C25H25ClN4O3. The van der Waals surface area contributed by atoms with Crippen LogP contribution in [0.3, 0.4) is 0 Å². The third-order valence-corrected chi connectivity index (χ3v) is 5.94. The molecule has 33 heavy (non-hydrogen) atoms. The Bertz CT molecular complexity index is 1200. The molecule has 0 spiro atoms. The number of carboxylic acids is 1. The average molecular weight is 465 g/mol. The second kappa shape index (κ2) is 9.50. The van der Waals surface area contributed by atoms with Gasteiger partial charge in [0.05, 0.1) is 11.9 Å². The van der Waals surface area contributed by atoms with Crippen LogP contribution in [0.4, 0.5) is 17.2 Å². The number of aromatic carboxylic acids is 1. The standard InChI is InChI=1S/C25H25ClN4O3/c1-16-5-3-8-21(11-16)30-10-9-29(15-17(30)2)23-22(25(32)33)13-20(14-27-23)28-24(31)18-6-4-7-19(26)12-18/h3-8,11-14,17H,9-10,15H2,1-2H3,(H,28,31)(H,32,33)/t17-/m1/s1. The van der Waals surface area contributed by atoms with Gasteiger partial charge < -0.3 is 20.2 Å². The second-order valence-corrected chi connectivity index (χ2v) is 8.63. The predicted molar refractivity (Wildman–Crippen MR) is 131 cm³/mol. The van der Waals surface area contributed by atoms with E-state index in [0.717, 1.165) is 12.2 Å². The van der Waals surface area contributed by atoms with Gasteiger partial charge in [0, 0.05) is 41.9 Å². The van der Waals surface area contributed by atoms with E-state index in [2.05, 4.69) is 47.2 Å². The topological polar surface area (TPSA) is 85.8 Å². The van der Waals surface area contributed by atoms with Crippen molar-refractivity contribution in [3.05, 3.63) is 82.5 Å². The Balaban J connectivity index is 1.52. The molecule has 8 heteroatoms. The minimum Gasteiger partial charge on any atom is -0.478 e. The number of rotatable bonds is 5. The van der Waals surface area contributed by atoms with Crippen LogP contribution in [0.25, 0.3) is 0 Å². The summed E-state index contributed by atoms with van der Waals surface area (Å²) in [6.07, 6.45) is 1.49. The third kappa shape index (κ3) is 5.09. The van der Waals surface area contributed by atoms with Crippen molar-refractivity contribution in [3.8, 4) is 0 Å². The first kappa shape index (κ1) is 22.6. The number of carbonyl (C=O) groups is 2. The minimum atomic E-state index is -1.09. The van der Waals surface area contributed by atoms with E-state index in [-0.39, 0.29) is 17.5 Å². The van der Waals surface area contributed by atoms with Crippen LogP contribution in [0.5, 0.6) is 0 Å². The molecule has 0 radical (unpaired) electrons. The molecule has 0 aliphatic carbocycles. The SMILES string of the molecule is Cc1cccc(N2CCN(c3ncc(NC(=O)c4cccc(Cl)c4)cc3C(=O)O)C[C@H]2C)c1. The molecule has 0 bridgehead atoms. The van der Waals surface area contributed by atoms with Gasteiger partial charge in [0.15, 0.2) is 0 Å². The van der Waals surface area contributed by atoms with Gasteiger partial charge in [0.1, 0.15) is 11.4 Å². The third-order valence-electron chi connectivity index (χ3n) is 5.70. The maximum atomic E-state index is 12.5. The highest BCUT2D eigenvalue weighted by Gasteiger charge is 2.28. The second-order valence-electron chi connectivity index (χ2n) is 8.19. The molecule has 170 valence electrons. The number of halogens is 1. The highest BCUT2D eigenvalue weighted by atomic mass is 35.5. The first-order valence-electron chi connectivity index (χ1n) is 10.7. The van der Waals surface area contributed by atoms with Crippen molar-refractivity contribution in [2.75, 3.05) is 34.8 Å². The number of benzene rings is 2. The van der Waals surface area contributed by atoms with Gasteiger partial charge in [-0.15, -0.1) is 0 Å². The highest BCUT2D eigenvalue weighted by Crippen LogP contribution is 2.27. The summed E-state index contributed by atoms with van der Waals surface area (Å²) in [5, 5.41) is 13.0. The highest BCUT2D eigenvalue weighted by molar-refractivity contribution is 6.31. The number of nitrogens with one attached hydrogen (secondary N) is 1. The largest absolute Gasteiger partial charge is 0.478 e. The molecule has 4 rings (SSSR count). The summed E-state index contributed by atoms with van der Waals surface area (Å²) in [5.41, 5.74) is 3.10. The lowest BCUT2D eigenvalue weighted by Crippen LogP contribution is -2.52. The van der Waals surface area contributed by atoms with Gasteiger partial charge >= 0.3 is 5.97 Å². The van der Waals surface area contributed by atoms with E-state index in [9.17, 15) is 14.7 Å². The predicted octanol–water partition coefficient (Wildman–Crippen LogP) is 4.71. The number of carboxylic acid groups (broad SMARTS) is 1. The van der Waals surface area contributed by atoms with E-state index in [0.29, 0.717) is 35.2 Å². The molecular weight excluding hydrogens is 440 g/mol. The maximum absolute atomic E-state index is 12.5. The monoisotopic (exact) mass is 464 g/mol. The lowest BCUT2D eigenvalue weighted by molar-refractivity contribution is 0.0696. The zero-order valence-electron chi connectivity index (χ0n) is 18.5. The number of carbonyl (C=O) groups excluding carboxylic acids is 1. The summed E-state index contributed by atoms with van der Waals surface area (Å²) in [4.78, 5) is 33.3. The first-order chi connectivity index (χ1) is 15.8. The van der Waals surface area contributed by atoms with Gasteiger partial charge in [-0.25, -0.2) is 9.78 Å². The van der Waals surface area contributed by atoms with Crippen molar-refractivity contribution in [3.63, 3.8) is 0 Å². The number of anilines is 3. The average Bonchev–Trinajstić information content (AvgIpc) is 2.79. The Labute approximate surface area is 197 Å². The zero-order chi connectivity index (χ0) is 23.5. The van der Waals surface area contributed by atoms with Gasteiger partial charge in [-0.05, 0) is 55.8 Å². The molecule has 1 amide bonds. The fourth-order valence-electron chi connectivity index (χ4n) is 4.11. The molecule has 1 saturated heterocycles. The van der Waals surface area contributed by atoms with Gasteiger partial charge in [0.25, 0.3) is 5.91 Å². The number of aryl methyl sites for hydroxylation is 1. The van der Waals surface area contributed by atoms with Crippen molar-refractivity contribution in [2.45, 2.75) is 19.9 Å². The quantitative estimate of drug-likeness (QED) is 0.568. The number of piperazine rings is 1. The van der Waals surface area contributed by atoms with E-state index in [1.165, 1.54) is 17.8 Å². The van der Waals surface area contributed by atoms with Crippen LogP contribution < -0.4 is 15.1 Å². The molecule has 2 aromatic carbocycles. The van der Waals surface area contributed by atoms with Crippen molar-refractivity contribution in [2.24, 2.45) is 0 Å². The van der Waals surface area contributed by atoms with Gasteiger partial charge in [-0.3, -0.25) is 4.79 Å². The number of pyridine rings is 1. The van der Waals surface area contributed by atoms with Crippen molar-refractivity contribution in [1.29, 1.82) is 0 Å². The van der Waals surface area contributed by atoms with Gasteiger partial charge in [-0.1, -0.05) is 29.8 Å². The Morgan fingerprint density at radius 3 is 2.61 bits per heavy atom.